The van der Waals surface area contributed by atoms with Gasteiger partial charge in [-0.25, -0.2) is 4.79 Å². The van der Waals surface area contributed by atoms with Gasteiger partial charge in [-0.3, -0.25) is 9.69 Å². The molecule has 0 aromatic heterocycles. The molecule has 1 atom stereocenters. The zero-order chi connectivity index (χ0) is 30.9. The van der Waals surface area contributed by atoms with Crippen LogP contribution in [0, 0.1) is 0 Å². The van der Waals surface area contributed by atoms with Gasteiger partial charge in [-0.15, -0.1) is 11.8 Å². The number of thioether (sulfide) groups is 1. The molecule has 0 aliphatic heterocycles. The third kappa shape index (κ3) is 10.8. The molecule has 6 nitrogen and oxygen atoms in total. The fraction of sp³-hybridized carbons (Fsp3) is 0.333. The number of halogens is 3. The number of anilines is 2. The smallest absolute Gasteiger partial charge is 0.326 e. The quantitative estimate of drug-likeness (QED) is 0.118. The van der Waals surface area contributed by atoms with Crippen molar-refractivity contribution in [2.75, 3.05) is 43.2 Å². The fourth-order valence-corrected chi connectivity index (χ4v) is 6.44. The monoisotopic (exact) mass is 658 g/mol. The number of hydrogen-bond donors (Lipinski definition) is 2. The molecule has 3 amide bonds. The maximum absolute atomic E-state index is 13.7. The van der Waals surface area contributed by atoms with E-state index in [-0.39, 0.29) is 18.4 Å². The number of nitrogens with zero attached hydrogens (tertiary/aromatic N) is 2. The number of carbonyl (C=O) groups is 2. The third-order valence-corrected chi connectivity index (χ3v) is 8.46. The summed E-state index contributed by atoms with van der Waals surface area (Å²) in [6, 6.07) is 27.2. The number of para-hydroxylation sites is 1. The van der Waals surface area contributed by atoms with Crippen molar-refractivity contribution in [3.8, 4) is 0 Å². The molecule has 1 unspecified atom stereocenters. The summed E-state index contributed by atoms with van der Waals surface area (Å²) in [4.78, 5) is 31.7. The largest absolute Gasteiger partial charge is 0.347 e. The first-order valence-electron chi connectivity index (χ1n) is 14.1. The van der Waals surface area contributed by atoms with Gasteiger partial charge in [-0.05, 0) is 75.3 Å². The van der Waals surface area contributed by atoms with E-state index in [2.05, 4.69) is 47.8 Å². The van der Waals surface area contributed by atoms with Gasteiger partial charge in [-0.2, -0.15) is 0 Å². The first-order chi connectivity index (χ1) is 20.5. The highest BCUT2D eigenvalue weighted by molar-refractivity contribution is 7.99. The van der Waals surface area contributed by atoms with E-state index in [1.165, 1.54) is 0 Å². The second-order valence-electron chi connectivity index (χ2n) is 11.0. The van der Waals surface area contributed by atoms with Crippen molar-refractivity contribution >= 4 is 69.9 Å². The van der Waals surface area contributed by atoms with Crippen LogP contribution in [0.2, 0.25) is 0 Å². The van der Waals surface area contributed by atoms with Gasteiger partial charge in [0.25, 0.3) is 0 Å². The Labute approximate surface area is 273 Å². The van der Waals surface area contributed by atoms with E-state index in [0.717, 1.165) is 34.0 Å². The Bertz CT molecular complexity index is 1380. The van der Waals surface area contributed by atoms with Crippen LogP contribution in [0.5, 0.6) is 0 Å². The van der Waals surface area contributed by atoms with Crippen LogP contribution in [0.4, 0.5) is 16.2 Å². The lowest BCUT2D eigenvalue weighted by molar-refractivity contribution is -0.122. The Hall–Kier alpha value is -2.68. The van der Waals surface area contributed by atoms with Crippen molar-refractivity contribution in [2.24, 2.45) is 0 Å². The van der Waals surface area contributed by atoms with Crippen molar-refractivity contribution in [1.29, 1.82) is 0 Å². The first-order valence-corrected chi connectivity index (χ1v) is 16.3. The second-order valence-corrected chi connectivity index (χ2v) is 14.7. The fourth-order valence-electron chi connectivity index (χ4n) is 5.05. The number of nitrogens with one attached hydrogen (secondary N) is 2. The average Bonchev–Trinajstić information content (AvgIpc) is 3.33. The topological polar surface area (TPSA) is 64.7 Å². The van der Waals surface area contributed by atoms with E-state index in [9.17, 15) is 9.59 Å². The van der Waals surface area contributed by atoms with Crippen LogP contribution in [0.25, 0.3) is 0 Å². The summed E-state index contributed by atoms with van der Waals surface area (Å²) >= 11 is 19.6. The molecule has 0 radical (unpaired) electrons. The van der Waals surface area contributed by atoms with Crippen molar-refractivity contribution < 1.29 is 9.59 Å². The molecule has 1 aliphatic rings. The molecule has 1 aliphatic carbocycles. The van der Waals surface area contributed by atoms with Gasteiger partial charge in [-0.1, -0.05) is 95.0 Å². The molecule has 43 heavy (non-hydrogen) atoms. The van der Waals surface area contributed by atoms with Gasteiger partial charge in [0, 0.05) is 35.1 Å². The van der Waals surface area contributed by atoms with Crippen molar-refractivity contribution in [3.63, 3.8) is 0 Å². The first kappa shape index (κ1) is 33.2. The van der Waals surface area contributed by atoms with Crippen molar-refractivity contribution in [3.05, 3.63) is 102 Å². The minimum atomic E-state index is -1.69. The van der Waals surface area contributed by atoms with E-state index in [0.29, 0.717) is 31.5 Å². The Morgan fingerprint density at radius 2 is 1.58 bits per heavy atom. The summed E-state index contributed by atoms with van der Waals surface area (Å²) in [5.74, 6) is 0.639. The highest BCUT2D eigenvalue weighted by Crippen LogP contribution is 2.35. The number of rotatable bonds is 12. The molecule has 0 spiro atoms. The summed E-state index contributed by atoms with van der Waals surface area (Å²) in [6.07, 6.45) is 3.79. The lowest BCUT2D eigenvalue weighted by atomic mass is 9.90. The minimum absolute atomic E-state index is 0.235. The van der Waals surface area contributed by atoms with Crippen LogP contribution in [0.1, 0.15) is 24.8 Å². The standard InChI is InChI=1S/C33H37Cl3N4O2S/c1-39(2)19-20-43-29-15-13-28(14-16-29)40(31(42)37-27-11-7-4-8-12-27)24-26-17-18-32(22-26,21-25-9-5-3-6-10-25)38-30(41)23-33(34,35)36/h3-16,22H,17-21,23-24H2,1-2H3,(H,37,42)(H,38,41). The van der Waals surface area contributed by atoms with E-state index in [1.54, 1.807) is 16.7 Å². The maximum atomic E-state index is 13.7. The van der Waals surface area contributed by atoms with Gasteiger partial charge >= 0.3 is 6.03 Å². The number of hydrogen-bond acceptors (Lipinski definition) is 4. The highest BCUT2D eigenvalue weighted by atomic mass is 35.6. The highest BCUT2D eigenvalue weighted by Gasteiger charge is 2.37. The summed E-state index contributed by atoms with van der Waals surface area (Å²) in [7, 11) is 4.12. The number of amides is 3. The lowest BCUT2D eigenvalue weighted by Gasteiger charge is -2.30. The lowest BCUT2D eigenvalue weighted by Crippen LogP contribution is -2.48. The van der Waals surface area contributed by atoms with Crippen molar-refractivity contribution in [2.45, 2.75) is 39.9 Å². The van der Waals surface area contributed by atoms with Crippen molar-refractivity contribution in [1.82, 2.24) is 10.2 Å². The predicted molar refractivity (Wildman–Crippen MR) is 182 cm³/mol. The molecule has 0 bridgehead atoms. The number of urea groups is 1. The second kappa shape index (κ2) is 15.4. The average molecular weight is 660 g/mol. The Morgan fingerprint density at radius 3 is 2.21 bits per heavy atom. The maximum Gasteiger partial charge on any atom is 0.326 e. The molecule has 0 fully saturated rings. The Balaban J connectivity index is 1.59. The molecule has 3 aromatic rings. The number of benzene rings is 3. The van der Waals surface area contributed by atoms with E-state index >= 15 is 0 Å². The van der Waals surface area contributed by atoms with Gasteiger partial charge in [0.2, 0.25) is 5.91 Å². The number of alkyl halides is 3. The van der Waals surface area contributed by atoms with E-state index < -0.39 is 9.33 Å². The van der Waals surface area contributed by atoms with E-state index in [1.807, 2.05) is 72.8 Å². The summed E-state index contributed by atoms with van der Waals surface area (Å²) < 4.78 is -1.69. The molecular weight excluding hydrogens is 623 g/mol. The third-order valence-electron chi connectivity index (χ3n) is 7.07. The summed E-state index contributed by atoms with van der Waals surface area (Å²) in [5, 5.41) is 6.18. The van der Waals surface area contributed by atoms with Crippen LogP contribution < -0.4 is 15.5 Å². The minimum Gasteiger partial charge on any atom is -0.347 e. The van der Waals surface area contributed by atoms with Crippen LogP contribution >= 0.6 is 46.6 Å². The SMILES string of the molecule is CN(C)CCSc1ccc(N(CC2=CC(Cc3ccccc3)(NC(=O)CC(Cl)(Cl)Cl)CC2)C(=O)Nc2ccccc2)cc1. The predicted octanol–water partition coefficient (Wildman–Crippen LogP) is 7.96. The molecule has 3 aromatic carbocycles. The van der Waals surface area contributed by atoms with Gasteiger partial charge in [0.05, 0.1) is 12.0 Å². The normalized spacial score (nSPS) is 16.6. The van der Waals surface area contributed by atoms with Crippen LogP contribution in [-0.2, 0) is 11.2 Å². The molecule has 2 N–H and O–H groups in total. The molecule has 228 valence electrons. The molecular formula is C33H37Cl3N4O2S. The zero-order valence-electron chi connectivity index (χ0n) is 24.4. The molecule has 4 rings (SSSR count). The van der Waals surface area contributed by atoms with Crippen LogP contribution in [0.15, 0.2) is 101 Å². The van der Waals surface area contributed by atoms with Gasteiger partial charge in [0.15, 0.2) is 3.79 Å². The molecule has 0 saturated heterocycles. The van der Waals surface area contributed by atoms with Crippen LogP contribution in [-0.4, -0.2) is 59.1 Å². The summed E-state index contributed by atoms with van der Waals surface area (Å²) in [5.41, 5.74) is 2.95. The summed E-state index contributed by atoms with van der Waals surface area (Å²) in [6.45, 7) is 1.35. The molecule has 0 saturated carbocycles. The van der Waals surface area contributed by atoms with E-state index in [4.69, 9.17) is 34.8 Å². The van der Waals surface area contributed by atoms with Gasteiger partial charge in [0.1, 0.15) is 0 Å². The van der Waals surface area contributed by atoms with Gasteiger partial charge < -0.3 is 15.5 Å². The molecule has 10 heteroatoms. The van der Waals surface area contributed by atoms with Crippen LogP contribution in [0.3, 0.4) is 0 Å². The number of carbonyl (C=O) groups excluding carboxylic acids is 2. The Morgan fingerprint density at radius 1 is 0.930 bits per heavy atom. The zero-order valence-corrected chi connectivity index (χ0v) is 27.4. The molecule has 0 heterocycles. The Kier molecular flexibility index (Phi) is 11.9.